The first-order valence-electron chi connectivity index (χ1n) is 4.93. The van der Waals surface area contributed by atoms with E-state index in [1.165, 1.54) is 0 Å². The molecule has 0 spiro atoms. The Morgan fingerprint density at radius 2 is 1.81 bits per heavy atom. The number of carbonyl (C=O) groups is 1. The Bertz CT molecular complexity index is 354. The Labute approximate surface area is 103 Å². The summed E-state index contributed by atoms with van der Waals surface area (Å²) >= 11 is 3.35. The van der Waals surface area contributed by atoms with E-state index in [0.29, 0.717) is 0 Å². The lowest BCUT2D eigenvalue weighted by Crippen LogP contribution is -2.44. The summed E-state index contributed by atoms with van der Waals surface area (Å²) in [6.07, 6.45) is 0. The van der Waals surface area contributed by atoms with E-state index < -0.39 is 12.0 Å². The largest absolute Gasteiger partial charge is 0.480 e. The van der Waals surface area contributed by atoms with Gasteiger partial charge in [-0.05, 0) is 31.8 Å². The van der Waals surface area contributed by atoms with Crippen molar-refractivity contribution < 1.29 is 9.90 Å². The van der Waals surface area contributed by atoms with Crippen LogP contribution in [0.2, 0.25) is 0 Å². The molecule has 2 atom stereocenters. The number of aliphatic carboxylic acids is 1. The Hall–Kier alpha value is -0.910. The summed E-state index contributed by atoms with van der Waals surface area (Å²) < 4.78 is 0.974. The second-order valence-electron chi connectivity index (χ2n) is 3.42. The van der Waals surface area contributed by atoms with Crippen LogP contribution >= 0.6 is 15.9 Å². The predicted octanol–water partition coefficient (Wildman–Crippen LogP) is 1.38. The van der Waals surface area contributed by atoms with Crippen molar-refractivity contribution in [3.63, 3.8) is 0 Å². The molecular weight excluding hydrogens is 272 g/mol. The van der Waals surface area contributed by atoms with Crippen LogP contribution in [0.1, 0.15) is 11.6 Å². The van der Waals surface area contributed by atoms with E-state index in [4.69, 9.17) is 5.11 Å². The van der Waals surface area contributed by atoms with Crippen LogP contribution in [-0.2, 0) is 4.79 Å². The van der Waals surface area contributed by atoms with Gasteiger partial charge in [0.2, 0.25) is 0 Å². The lowest BCUT2D eigenvalue weighted by atomic mass is 10.00. The molecule has 3 N–H and O–H groups in total. The van der Waals surface area contributed by atoms with Gasteiger partial charge in [0.25, 0.3) is 0 Å². The van der Waals surface area contributed by atoms with Crippen molar-refractivity contribution in [3.8, 4) is 0 Å². The predicted molar refractivity (Wildman–Crippen MR) is 66.4 cm³/mol. The molecule has 5 heteroatoms. The van der Waals surface area contributed by atoms with Crippen molar-refractivity contribution in [2.45, 2.75) is 12.1 Å². The summed E-state index contributed by atoms with van der Waals surface area (Å²) in [5.41, 5.74) is 0.937. The number of hydrogen-bond acceptors (Lipinski definition) is 3. The van der Waals surface area contributed by atoms with Gasteiger partial charge in [0.15, 0.2) is 0 Å². The molecule has 2 unspecified atom stereocenters. The minimum Gasteiger partial charge on any atom is -0.480 e. The number of rotatable bonds is 5. The fourth-order valence-corrected chi connectivity index (χ4v) is 1.89. The molecule has 4 nitrogen and oxygen atoms in total. The van der Waals surface area contributed by atoms with E-state index >= 15 is 0 Å². The highest BCUT2D eigenvalue weighted by Gasteiger charge is 2.26. The van der Waals surface area contributed by atoms with Gasteiger partial charge >= 0.3 is 5.97 Å². The molecule has 16 heavy (non-hydrogen) atoms. The van der Waals surface area contributed by atoms with Crippen LogP contribution in [0.15, 0.2) is 28.7 Å². The maximum absolute atomic E-state index is 11.1. The van der Waals surface area contributed by atoms with Crippen LogP contribution in [0.4, 0.5) is 0 Å². The molecule has 1 aromatic rings. The third-order valence-electron chi connectivity index (χ3n) is 2.45. The fraction of sp³-hybridized carbons (Fsp3) is 0.364. The van der Waals surface area contributed by atoms with Gasteiger partial charge in [0, 0.05) is 4.47 Å². The zero-order chi connectivity index (χ0) is 12.1. The Morgan fingerprint density at radius 3 is 2.19 bits per heavy atom. The van der Waals surface area contributed by atoms with Crippen LogP contribution in [-0.4, -0.2) is 31.2 Å². The summed E-state index contributed by atoms with van der Waals surface area (Å²) in [6, 6.07) is 6.70. The van der Waals surface area contributed by atoms with Crippen LogP contribution < -0.4 is 10.6 Å². The molecule has 0 aromatic heterocycles. The monoisotopic (exact) mass is 286 g/mol. The highest BCUT2D eigenvalue weighted by Crippen LogP contribution is 2.19. The summed E-state index contributed by atoms with van der Waals surface area (Å²) in [4.78, 5) is 11.1. The fourth-order valence-electron chi connectivity index (χ4n) is 1.63. The third kappa shape index (κ3) is 3.04. The molecule has 0 radical (unpaired) electrons. The van der Waals surface area contributed by atoms with E-state index in [1.54, 1.807) is 14.1 Å². The first kappa shape index (κ1) is 13.2. The number of hydrogen-bond donors (Lipinski definition) is 3. The second kappa shape index (κ2) is 5.98. The number of likely N-dealkylation sites (N-methyl/N-ethyl adjacent to an activating group) is 2. The number of nitrogens with one attached hydrogen (secondary N) is 2. The van der Waals surface area contributed by atoms with E-state index in [2.05, 4.69) is 26.6 Å². The average molecular weight is 287 g/mol. The molecular formula is C11H15BrN2O2. The molecule has 0 amide bonds. The number of carboxylic acids is 1. The van der Waals surface area contributed by atoms with Crippen molar-refractivity contribution in [2.75, 3.05) is 14.1 Å². The number of benzene rings is 1. The molecule has 1 aromatic carbocycles. The second-order valence-corrected chi connectivity index (χ2v) is 4.34. The lowest BCUT2D eigenvalue weighted by molar-refractivity contribution is -0.140. The van der Waals surface area contributed by atoms with Crippen molar-refractivity contribution in [2.24, 2.45) is 0 Å². The molecule has 0 saturated carbocycles. The average Bonchev–Trinajstić information content (AvgIpc) is 2.26. The van der Waals surface area contributed by atoms with Crippen LogP contribution in [0.5, 0.6) is 0 Å². The molecule has 0 aliphatic carbocycles. The molecule has 0 aliphatic heterocycles. The van der Waals surface area contributed by atoms with Crippen LogP contribution in [0.3, 0.4) is 0 Å². The molecule has 0 fully saturated rings. The zero-order valence-electron chi connectivity index (χ0n) is 9.20. The highest BCUT2D eigenvalue weighted by molar-refractivity contribution is 9.10. The molecule has 1 rings (SSSR count). The standard InChI is InChI=1S/C11H15BrN2O2/c1-13-9(10(14-2)11(15)16)7-3-5-8(12)6-4-7/h3-6,9-10,13-14H,1-2H3,(H,15,16). The van der Waals surface area contributed by atoms with E-state index in [1.807, 2.05) is 24.3 Å². The Kier molecular flexibility index (Phi) is 4.92. The summed E-state index contributed by atoms with van der Waals surface area (Å²) in [5.74, 6) is -0.871. The van der Waals surface area contributed by atoms with Gasteiger partial charge in [-0.25, -0.2) is 0 Å². The maximum atomic E-state index is 11.1. The van der Waals surface area contributed by atoms with Crippen molar-refractivity contribution in [1.82, 2.24) is 10.6 Å². The van der Waals surface area contributed by atoms with Gasteiger partial charge in [-0.1, -0.05) is 28.1 Å². The van der Waals surface area contributed by atoms with Gasteiger partial charge in [-0.15, -0.1) is 0 Å². The molecule has 0 aliphatic rings. The van der Waals surface area contributed by atoms with Crippen LogP contribution in [0.25, 0.3) is 0 Å². The summed E-state index contributed by atoms with van der Waals surface area (Å²) in [6.45, 7) is 0. The first-order chi connectivity index (χ1) is 7.60. The lowest BCUT2D eigenvalue weighted by Gasteiger charge is -2.23. The SMILES string of the molecule is CNC(C(=O)O)C(NC)c1ccc(Br)cc1. The minimum absolute atomic E-state index is 0.254. The van der Waals surface area contributed by atoms with E-state index in [9.17, 15) is 4.79 Å². The quantitative estimate of drug-likeness (QED) is 0.765. The zero-order valence-corrected chi connectivity index (χ0v) is 10.8. The van der Waals surface area contributed by atoms with Crippen molar-refractivity contribution in [3.05, 3.63) is 34.3 Å². The van der Waals surface area contributed by atoms with Crippen LogP contribution in [0, 0.1) is 0 Å². The molecule has 0 heterocycles. The Balaban J connectivity index is 2.96. The van der Waals surface area contributed by atoms with Crippen molar-refractivity contribution >= 4 is 21.9 Å². The number of halogens is 1. The Morgan fingerprint density at radius 1 is 1.25 bits per heavy atom. The molecule has 0 saturated heterocycles. The number of carboxylic acid groups (broad SMARTS) is 1. The third-order valence-corrected chi connectivity index (χ3v) is 2.98. The van der Waals surface area contributed by atoms with Gasteiger partial charge in [0.1, 0.15) is 6.04 Å². The summed E-state index contributed by atoms with van der Waals surface area (Å²) in [7, 11) is 3.39. The highest BCUT2D eigenvalue weighted by atomic mass is 79.9. The minimum atomic E-state index is -0.871. The van der Waals surface area contributed by atoms with Gasteiger partial charge in [-0.2, -0.15) is 0 Å². The molecule has 0 bridgehead atoms. The smallest absolute Gasteiger partial charge is 0.322 e. The normalized spacial score (nSPS) is 14.4. The van der Waals surface area contributed by atoms with Crippen molar-refractivity contribution in [1.29, 1.82) is 0 Å². The molecule has 88 valence electrons. The van der Waals surface area contributed by atoms with Gasteiger partial charge in [-0.3, -0.25) is 4.79 Å². The van der Waals surface area contributed by atoms with Gasteiger partial charge < -0.3 is 15.7 Å². The maximum Gasteiger partial charge on any atom is 0.322 e. The van der Waals surface area contributed by atoms with E-state index in [-0.39, 0.29) is 6.04 Å². The van der Waals surface area contributed by atoms with Gasteiger partial charge in [0.05, 0.1) is 6.04 Å². The van der Waals surface area contributed by atoms with E-state index in [0.717, 1.165) is 10.0 Å². The first-order valence-corrected chi connectivity index (χ1v) is 5.72. The summed E-state index contributed by atoms with van der Waals surface area (Å²) in [5, 5.41) is 14.9. The topological polar surface area (TPSA) is 61.4 Å².